The van der Waals surface area contributed by atoms with E-state index in [-0.39, 0.29) is 11.7 Å². The van der Waals surface area contributed by atoms with Gasteiger partial charge in [0.25, 0.3) is 5.91 Å². The molecule has 3 aromatic rings. The summed E-state index contributed by atoms with van der Waals surface area (Å²) >= 11 is 0. The summed E-state index contributed by atoms with van der Waals surface area (Å²) < 4.78 is 14.4. The van der Waals surface area contributed by atoms with Crippen molar-refractivity contribution in [3.8, 4) is 11.5 Å². The monoisotopic (exact) mass is 460 g/mol. The van der Waals surface area contributed by atoms with E-state index in [1.165, 1.54) is 12.1 Å². The van der Waals surface area contributed by atoms with Gasteiger partial charge in [-0.05, 0) is 53.4 Å². The molecular formula is C28H33FN2OSi. The minimum Gasteiger partial charge on any atom is -0.320 e. The molecule has 2 aromatic carbocycles. The van der Waals surface area contributed by atoms with Gasteiger partial charge in [-0.15, -0.1) is 5.54 Å². The standard InChI is InChI=1S/C28H33FN2OSi/c1-18(2)33(19(3)4,20(5)6)15-13-23-17-24(29)16-21(7)26(23)28(32)31-25-12-8-10-22-11-9-14-30-27(22)25/h8-12,14,16-20H,1-7H3,(H,31,32). The highest BCUT2D eigenvalue weighted by Gasteiger charge is 2.41. The predicted octanol–water partition coefficient (Wildman–Crippen LogP) is 7.50. The van der Waals surface area contributed by atoms with Crippen molar-refractivity contribution >= 4 is 30.6 Å². The number of aryl methyl sites for hydroxylation is 1. The molecule has 1 aromatic heterocycles. The van der Waals surface area contributed by atoms with Crippen LogP contribution in [-0.4, -0.2) is 19.0 Å². The number of nitrogens with one attached hydrogen (secondary N) is 1. The summed E-state index contributed by atoms with van der Waals surface area (Å²) in [5, 5.41) is 3.92. The van der Waals surface area contributed by atoms with Crippen LogP contribution in [0.3, 0.4) is 0 Å². The number of anilines is 1. The molecule has 3 rings (SSSR count). The number of amides is 1. The molecule has 0 unspecified atom stereocenters. The van der Waals surface area contributed by atoms with Crippen molar-refractivity contribution in [2.45, 2.75) is 65.1 Å². The van der Waals surface area contributed by atoms with Gasteiger partial charge in [-0.1, -0.05) is 65.7 Å². The van der Waals surface area contributed by atoms with Crippen LogP contribution in [0.5, 0.6) is 0 Å². The maximum Gasteiger partial charge on any atom is 0.257 e. The number of hydrogen-bond acceptors (Lipinski definition) is 2. The van der Waals surface area contributed by atoms with Crippen molar-refractivity contribution < 1.29 is 9.18 Å². The normalized spacial score (nSPS) is 11.7. The van der Waals surface area contributed by atoms with Crippen molar-refractivity contribution in [3.05, 3.63) is 71.2 Å². The summed E-state index contributed by atoms with van der Waals surface area (Å²) in [5.41, 5.74) is 7.71. The molecule has 0 radical (unpaired) electrons. The first-order valence-electron chi connectivity index (χ1n) is 11.6. The Morgan fingerprint density at radius 2 is 1.64 bits per heavy atom. The first kappa shape index (κ1) is 24.7. The van der Waals surface area contributed by atoms with Crippen molar-refractivity contribution in [3.63, 3.8) is 0 Å². The number of aromatic nitrogens is 1. The Morgan fingerprint density at radius 3 is 2.27 bits per heavy atom. The van der Waals surface area contributed by atoms with Crippen LogP contribution < -0.4 is 5.32 Å². The second-order valence-electron chi connectivity index (χ2n) is 9.63. The molecule has 1 heterocycles. The zero-order valence-corrected chi connectivity index (χ0v) is 21.6. The molecule has 1 N–H and O–H groups in total. The average molecular weight is 461 g/mol. The Labute approximate surface area is 197 Å². The summed E-state index contributed by atoms with van der Waals surface area (Å²) in [7, 11) is -2.04. The van der Waals surface area contributed by atoms with Crippen LogP contribution in [0.2, 0.25) is 16.6 Å². The van der Waals surface area contributed by atoms with Crippen LogP contribution >= 0.6 is 0 Å². The molecule has 3 nitrogen and oxygen atoms in total. The molecular weight excluding hydrogens is 427 g/mol. The number of pyridine rings is 1. The Hall–Kier alpha value is -2.97. The van der Waals surface area contributed by atoms with Gasteiger partial charge in [-0.3, -0.25) is 9.78 Å². The number of nitrogens with zero attached hydrogens (tertiary/aromatic N) is 1. The topological polar surface area (TPSA) is 42.0 Å². The van der Waals surface area contributed by atoms with Gasteiger partial charge in [0.2, 0.25) is 0 Å². The minimum atomic E-state index is -2.04. The van der Waals surface area contributed by atoms with Gasteiger partial charge < -0.3 is 5.32 Å². The molecule has 0 aliphatic carbocycles. The molecule has 0 saturated heterocycles. The third-order valence-corrected chi connectivity index (χ3v) is 13.0. The van der Waals surface area contributed by atoms with Gasteiger partial charge in [0.05, 0.1) is 16.8 Å². The Balaban J connectivity index is 2.10. The summed E-state index contributed by atoms with van der Waals surface area (Å²) in [6.45, 7) is 15.2. The van der Waals surface area contributed by atoms with Crippen LogP contribution in [-0.2, 0) is 0 Å². The highest BCUT2D eigenvalue weighted by molar-refractivity contribution is 6.90. The average Bonchev–Trinajstić information content (AvgIpc) is 2.73. The van der Waals surface area contributed by atoms with Crippen LogP contribution in [0.4, 0.5) is 10.1 Å². The van der Waals surface area contributed by atoms with Crippen molar-refractivity contribution in [1.82, 2.24) is 4.98 Å². The molecule has 0 saturated carbocycles. The van der Waals surface area contributed by atoms with Gasteiger partial charge in [0, 0.05) is 17.1 Å². The van der Waals surface area contributed by atoms with Gasteiger partial charge in [-0.2, -0.15) is 0 Å². The third kappa shape index (κ3) is 4.86. The van der Waals surface area contributed by atoms with Crippen molar-refractivity contribution in [2.24, 2.45) is 0 Å². The second-order valence-corrected chi connectivity index (χ2v) is 15.2. The minimum absolute atomic E-state index is 0.305. The number of hydrogen-bond donors (Lipinski definition) is 1. The number of carbonyl (C=O) groups excluding carboxylic acids is 1. The molecule has 0 fully saturated rings. The lowest BCUT2D eigenvalue weighted by molar-refractivity contribution is 0.102. The second kappa shape index (κ2) is 9.89. The van der Waals surface area contributed by atoms with Crippen LogP contribution in [0.1, 0.15) is 63.0 Å². The number of halogens is 1. The van der Waals surface area contributed by atoms with E-state index in [1.54, 1.807) is 13.1 Å². The summed E-state index contributed by atoms with van der Waals surface area (Å²) in [5.74, 6) is 2.59. The lowest BCUT2D eigenvalue weighted by atomic mass is 10.0. The molecule has 0 aliphatic heterocycles. The number of para-hydroxylation sites is 1. The zero-order chi connectivity index (χ0) is 24.3. The molecule has 1 amide bonds. The maximum absolute atomic E-state index is 14.4. The first-order valence-corrected chi connectivity index (χ1v) is 13.8. The van der Waals surface area contributed by atoms with Gasteiger partial charge in [0.15, 0.2) is 0 Å². The fourth-order valence-corrected chi connectivity index (χ4v) is 10.4. The van der Waals surface area contributed by atoms with Gasteiger partial charge >= 0.3 is 0 Å². The number of fused-ring (bicyclic) bond motifs is 1. The maximum atomic E-state index is 14.4. The summed E-state index contributed by atoms with van der Waals surface area (Å²) in [6, 6.07) is 12.2. The van der Waals surface area contributed by atoms with E-state index in [9.17, 15) is 9.18 Å². The van der Waals surface area contributed by atoms with E-state index in [4.69, 9.17) is 0 Å². The molecule has 0 aliphatic rings. The van der Waals surface area contributed by atoms with Crippen LogP contribution in [0, 0.1) is 24.2 Å². The summed E-state index contributed by atoms with van der Waals surface area (Å²) in [4.78, 5) is 17.8. The first-order chi connectivity index (χ1) is 15.6. The van der Waals surface area contributed by atoms with Crippen molar-refractivity contribution in [2.75, 3.05) is 5.32 Å². The van der Waals surface area contributed by atoms with E-state index < -0.39 is 8.07 Å². The lowest BCUT2D eigenvalue weighted by Crippen LogP contribution is -2.43. The molecule has 0 atom stereocenters. The predicted molar refractivity (Wildman–Crippen MR) is 139 cm³/mol. The number of benzene rings is 2. The fourth-order valence-electron chi connectivity index (χ4n) is 5.14. The zero-order valence-electron chi connectivity index (χ0n) is 20.6. The molecule has 0 bridgehead atoms. The summed E-state index contributed by atoms with van der Waals surface area (Å²) in [6.07, 6.45) is 1.70. The smallest absolute Gasteiger partial charge is 0.257 e. The Morgan fingerprint density at radius 1 is 1.00 bits per heavy atom. The largest absolute Gasteiger partial charge is 0.320 e. The Kier molecular flexibility index (Phi) is 7.39. The van der Waals surface area contributed by atoms with E-state index in [0.29, 0.717) is 44.5 Å². The van der Waals surface area contributed by atoms with Gasteiger partial charge in [0.1, 0.15) is 13.9 Å². The van der Waals surface area contributed by atoms with E-state index >= 15 is 0 Å². The molecule has 172 valence electrons. The van der Waals surface area contributed by atoms with E-state index in [2.05, 4.69) is 63.3 Å². The van der Waals surface area contributed by atoms with Gasteiger partial charge in [-0.25, -0.2) is 4.39 Å². The highest BCUT2D eigenvalue weighted by atomic mass is 28.3. The quantitative estimate of drug-likeness (QED) is 0.316. The van der Waals surface area contributed by atoms with Crippen molar-refractivity contribution in [1.29, 1.82) is 0 Å². The lowest BCUT2D eigenvalue weighted by Gasteiger charge is -2.38. The molecule has 33 heavy (non-hydrogen) atoms. The SMILES string of the molecule is Cc1cc(F)cc(C#C[Si](C(C)C)(C(C)C)C(C)C)c1C(=O)Nc1cccc2cccnc12. The third-order valence-electron chi connectivity index (χ3n) is 6.69. The highest BCUT2D eigenvalue weighted by Crippen LogP contribution is 2.41. The molecule has 0 spiro atoms. The van der Waals surface area contributed by atoms with E-state index in [1.807, 2.05) is 30.3 Å². The Bertz CT molecular complexity index is 1210. The van der Waals surface area contributed by atoms with E-state index in [0.717, 1.165) is 5.39 Å². The number of rotatable bonds is 5. The van der Waals surface area contributed by atoms with Crippen LogP contribution in [0.25, 0.3) is 10.9 Å². The van der Waals surface area contributed by atoms with Crippen LogP contribution in [0.15, 0.2) is 48.7 Å². The molecule has 5 heteroatoms. The fraction of sp³-hybridized carbons (Fsp3) is 0.357. The number of carbonyl (C=O) groups is 1.